The van der Waals surface area contributed by atoms with E-state index in [0.717, 1.165) is 53.7 Å². The second-order valence-electron chi connectivity index (χ2n) is 5.31. The first kappa shape index (κ1) is 15.6. The van der Waals surface area contributed by atoms with Gasteiger partial charge in [0.1, 0.15) is 11.5 Å². The highest BCUT2D eigenvalue weighted by molar-refractivity contribution is 7.16. The monoisotopic (exact) mass is 332 g/mol. The Bertz CT molecular complexity index is 727. The van der Waals surface area contributed by atoms with E-state index in [0.29, 0.717) is 4.88 Å². The van der Waals surface area contributed by atoms with Crippen LogP contribution in [-0.4, -0.2) is 22.0 Å². The number of aromatic nitrogens is 1. The van der Waals surface area contributed by atoms with Crippen molar-refractivity contribution < 1.29 is 19.5 Å². The smallest absolute Gasteiger partial charge is 0.346 e. The number of nitrogens with zero attached hydrogens (tertiary/aromatic N) is 1. The first-order chi connectivity index (χ1) is 11.2. The Hall–Kier alpha value is -2.25. The molecule has 0 spiro atoms. The number of hydrogen-bond acceptors (Lipinski definition) is 5. The van der Waals surface area contributed by atoms with Gasteiger partial charge in [-0.1, -0.05) is 6.07 Å². The van der Waals surface area contributed by atoms with Gasteiger partial charge in [0, 0.05) is 12.4 Å². The lowest BCUT2D eigenvalue weighted by Crippen LogP contribution is -2.24. The third-order valence-electron chi connectivity index (χ3n) is 3.75. The van der Waals surface area contributed by atoms with E-state index >= 15 is 0 Å². The number of rotatable bonds is 5. The molecule has 0 fully saturated rings. The van der Waals surface area contributed by atoms with E-state index in [1.165, 1.54) is 0 Å². The van der Waals surface area contributed by atoms with Crippen LogP contribution < -0.4 is 5.48 Å². The van der Waals surface area contributed by atoms with Crippen molar-refractivity contribution in [3.63, 3.8) is 0 Å². The van der Waals surface area contributed by atoms with Crippen LogP contribution in [0.25, 0.3) is 0 Å². The molecular formula is C16H16N2O4S. The fourth-order valence-corrected chi connectivity index (χ4v) is 3.83. The minimum Gasteiger partial charge on any atom is -0.477 e. The number of carbonyl (C=O) groups excluding carboxylic acids is 1. The van der Waals surface area contributed by atoms with Crippen LogP contribution in [0, 0.1) is 0 Å². The minimum absolute atomic E-state index is 0.207. The zero-order chi connectivity index (χ0) is 16.2. The van der Waals surface area contributed by atoms with Gasteiger partial charge in [0.25, 0.3) is 5.91 Å². The van der Waals surface area contributed by atoms with Crippen LogP contribution >= 0.6 is 11.3 Å². The van der Waals surface area contributed by atoms with Crippen LogP contribution in [-0.2, 0) is 24.3 Å². The van der Waals surface area contributed by atoms with Crippen molar-refractivity contribution in [3.05, 3.63) is 51.0 Å². The van der Waals surface area contributed by atoms with Gasteiger partial charge in [0.2, 0.25) is 0 Å². The van der Waals surface area contributed by atoms with Crippen LogP contribution in [0.1, 0.15) is 48.9 Å². The lowest BCUT2D eigenvalue weighted by Gasteiger charge is -2.13. The lowest BCUT2D eigenvalue weighted by molar-refractivity contribution is 0.0235. The summed E-state index contributed by atoms with van der Waals surface area (Å²) < 4.78 is 0. The van der Waals surface area contributed by atoms with E-state index in [4.69, 9.17) is 4.84 Å². The van der Waals surface area contributed by atoms with Crippen molar-refractivity contribution in [1.82, 2.24) is 10.5 Å². The van der Waals surface area contributed by atoms with E-state index in [1.54, 1.807) is 18.5 Å². The zero-order valence-corrected chi connectivity index (χ0v) is 13.2. The Kier molecular flexibility index (Phi) is 4.68. The summed E-state index contributed by atoms with van der Waals surface area (Å²) in [5.74, 6) is -1.35. The first-order valence-corrected chi connectivity index (χ1v) is 8.17. The summed E-state index contributed by atoms with van der Waals surface area (Å²) >= 11 is 1.03. The van der Waals surface area contributed by atoms with Crippen LogP contribution in [0.2, 0.25) is 0 Å². The topological polar surface area (TPSA) is 88.5 Å². The Morgan fingerprint density at radius 2 is 2.00 bits per heavy atom. The Morgan fingerprint density at radius 3 is 2.65 bits per heavy atom. The number of nitrogens with one attached hydrogen (secondary N) is 1. The highest BCUT2D eigenvalue weighted by atomic mass is 32.1. The number of aromatic carboxylic acids is 1. The molecule has 23 heavy (non-hydrogen) atoms. The first-order valence-electron chi connectivity index (χ1n) is 7.35. The van der Waals surface area contributed by atoms with Crippen LogP contribution in [0.3, 0.4) is 0 Å². The van der Waals surface area contributed by atoms with E-state index < -0.39 is 5.97 Å². The third kappa shape index (κ3) is 3.40. The molecule has 0 saturated carbocycles. The average molecular weight is 332 g/mol. The molecule has 6 nitrogen and oxygen atoms in total. The fourth-order valence-electron chi connectivity index (χ4n) is 2.70. The number of fused-ring (bicyclic) bond motifs is 1. The molecular weight excluding hydrogens is 316 g/mol. The van der Waals surface area contributed by atoms with E-state index in [-0.39, 0.29) is 17.4 Å². The molecule has 0 saturated heterocycles. The quantitative estimate of drug-likeness (QED) is 0.822. The maximum Gasteiger partial charge on any atom is 0.346 e. The molecule has 3 rings (SSSR count). The van der Waals surface area contributed by atoms with E-state index in [9.17, 15) is 14.7 Å². The predicted molar refractivity (Wildman–Crippen MR) is 84.4 cm³/mol. The number of amides is 1. The van der Waals surface area contributed by atoms with Gasteiger partial charge in [0.15, 0.2) is 0 Å². The second kappa shape index (κ2) is 6.89. The molecule has 2 aromatic heterocycles. The summed E-state index contributed by atoms with van der Waals surface area (Å²) in [4.78, 5) is 33.6. The van der Waals surface area contributed by atoms with E-state index in [1.807, 2.05) is 6.07 Å². The molecule has 7 heteroatoms. The summed E-state index contributed by atoms with van der Waals surface area (Å²) in [6, 6.07) is 3.63. The standard InChI is InChI=1S/C16H16N2O4S/c19-15(18-22-9-10-4-3-7-17-8-10)13-11-5-1-2-6-12(11)14(23-13)16(20)21/h3-4,7-8H,1-2,5-6,9H2,(H,18,19)(H,20,21). The summed E-state index contributed by atoms with van der Waals surface area (Å²) in [5, 5.41) is 9.30. The van der Waals surface area contributed by atoms with Gasteiger partial charge >= 0.3 is 5.97 Å². The maximum atomic E-state index is 12.3. The van der Waals surface area contributed by atoms with Gasteiger partial charge in [0.05, 0.1) is 4.88 Å². The molecule has 0 aromatic carbocycles. The van der Waals surface area contributed by atoms with Crippen LogP contribution in [0.15, 0.2) is 24.5 Å². The van der Waals surface area contributed by atoms with Gasteiger partial charge < -0.3 is 5.11 Å². The number of thiophene rings is 1. The summed E-state index contributed by atoms with van der Waals surface area (Å²) in [5.41, 5.74) is 4.91. The molecule has 1 aliphatic rings. The normalized spacial score (nSPS) is 13.4. The molecule has 0 bridgehead atoms. The fraction of sp³-hybridized carbons (Fsp3) is 0.312. The number of pyridine rings is 1. The van der Waals surface area contributed by atoms with Crippen molar-refractivity contribution in [1.29, 1.82) is 0 Å². The molecule has 2 heterocycles. The molecule has 0 radical (unpaired) electrons. The van der Waals surface area contributed by atoms with Crippen LogP contribution in [0.5, 0.6) is 0 Å². The molecule has 2 N–H and O–H groups in total. The number of hydrogen-bond donors (Lipinski definition) is 2. The Morgan fingerprint density at radius 1 is 1.26 bits per heavy atom. The molecule has 0 unspecified atom stereocenters. The average Bonchev–Trinajstić information content (AvgIpc) is 2.96. The van der Waals surface area contributed by atoms with Gasteiger partial charge in [-0.05, 0) is 48.4 Å². The number of carboxylic acid groups (broad SMARTS) is 1. The number of hydroxylamine groups is 1. The molecule has 1 amide bonds. The number of carbonyl (C=O) groups is 2. The Balaban J connectivity index is 1.71. The van der Waals surface area contributed by atoms with Crippen molar-refractivity contribution >= 4 is 23.2 Å². The second-order valence-corrected chi connectivity index (χ2v) is 6.33. The van der Waals surface area contributed by atoms with Gasteiger partial charge in [-0.15, -0.1) is 11.3 Å². The predicted octanol–water partition coefficient (Wildman–Crippen LogP) is 2.58. The Labute approximate surface area is 137 Å². The molecule has 0 atom stereocenters. The lowest BCUT2D eigenvalue weighted by atomic mass is 9.92. The van der Waals surface area contributed by atoms with Crippen molar-refractivity contribution in [3.8, 4) is 0 Å². The summed E-state index contributed by atoms with van der Waals surface area (Å²) in [6.07, 6.45) is 6.71. The highest BCUT2D eigenvalue weighted by Gasteiger charge is 2.27. The van der Waals surface area contributed by atoms with Crippen molar-refractivity contribution in [2.45, 2.75) is 32.3 Å². The number of carboxylic acids is 1. The summed E-state index contributed by atoms with van der Waals surface area (Å²) in [6.45, 7) is 0.207. The van der Waals surface area contributed by atoms with Crippen molar-refractivity contribution in [2.24, 2.45) is 0 Å². The van der Waals surface area contributed by atoms with Crippen LogP contribution in [0.4, 0.5) is 0 Å². The van der Waals surface area contributed by atoms with Gasteiger partial charge in [-0.3, -0.25) is 14.6 Å². The molecule has 0 aliphatic heterocycles. The van der Waals surface area contributed by atoms with E-state index in [2.05, 4.69) is 10.5 Å². The third-order valence-corrected chi connectivity index (χ3v) is 5.01. The van der Waals surface area contributed by atoms with Gasteiger partial charge in [-0.25, -0.2) is 10.3 Å². The van der Waals surface area contributed by atoms with Gasteiger partial charge in [-0.2, -0.15) is 0 Å². The summed E-state index contributed by atoms with van der Waals surface area (Å²) in [7, 11) is 0. The van der Waals surface area contributed by atoms with Crippen molar-refractivity contribution in [2.75, 3.05) is 0 Å². The highest BCUT2D eigenvalue weighted by Crippen LogP contribution is 2.34. The SMILES string of the molecule is O=C(O)c1sc(C(=O)NOCc2cccnc2)c2c1CCCC2. The maximum absolute atomic E-state index is 12.3. The minimum atomic E-state index is -0.969. The zero-order valence-electron chi connectivity index (χ0n) is 12.4. The molecule has 120 valence electrons. The molecule has 1 aliphatic carbocycles. The largest absolute Gasteiger partial charge is 0.477 e. The molecule has 2 aromatic rings.